The van der Waals surface area contributed by atoms with Crippen LogP contribution in [0.5, 0.6) is 0 Å². The summed E-state index contributed by atoms with van der Waals surface area (Å²) in [4.78, 5) is 67.6. The van der Waals surface area contributed by atoms with Crippen molar-refractivity contribution in [1.29, 1.82) is 0 Å². The molecule has 2 atom stereocenters. The molecule has 4 heterocycles. The van der Waals surface area contributed by atoms with Gasteiger partial charge in [-0.25, -0.2) is 19.6 Å². The number of halogens is 2. The summed E-state index contributed by atoms with van der Waals surface area (Å²) < 4.78 is 9.12. The number of carbonyl (C=O) groups is 4. The number of hydrogen-bond donors (Lipinski definition) is 4. The van der Waals surface area contributed by atoms with Crippen LogP contribution in [0.1, 0.15) is 49.4 Å². The van der Waals surface area contributed by atoms with Crippen LogP contribution < -0.4 is 10.6 Å². The molecule has 2 saturated heterocycles. The molecule has 0 saturated carbocycles. The van der Waals surface area contributed by atoms with E-state index in [0.29, 0.717) is 46.4 Å². The Kier molecular flexibility index (Phi) is 10.6. The van der Waals surface area contributed by atoms with Gasteiger partial charge in [0.2, 0.25) is 11.8 Å². The maximum atomic E-state index is 12.8. The second-order valence-corrected chi connectivity index (χ2v) is 12.7. The number of hydrogen-bond acceptors (Lipinski definition) is 8. The summed E-state index contributed by atoms with van der Waals surface area (Å²) in [6.07, 6.45) is 1.73. The minimum atomic E-state index is -0.663. The lowest BCUT2D eigenvalue weighted by Crippen LogP contribution is -2.40. The van der Waals surface area contributed by atoms with Crippen LogP contribution in [0.4, 0.5) is 9.59 Å². The van der Waals surface area contributed by atoms with E-state index in [0.717, 1.165) is 47.9 Å². The summed E-state index contributed by atoms with van der Waals surface area (Å²) in [5, 5.41) is 5.63. The molecular weight excluding hydrogens is 687 g/mol. The van der Waals surface area contributed by atoms with Gasteiger partial charge in [-0.05, 0) is 36.8 Å². The highest BCUT2D eigenvalue weighted by molar-refractivity contribution is 6.32. The molecule has 2 unspecified atom stereocenters. The van der Waals surface area contributed by atoms with Crippen LogP contribution in [0.2, 0.25) is 10.3 Å². The number of imidazole rings is 2. The zero-order valence-electron chi connectivity index (χ0n) is 27.4. The van der Waals surface area contributed by atoms with Crippen molar-refractivity contribution in [2.75, 3.05) is 40.4 Å². The number of H-pyrrole nitrogens is 2. The molecule has 2 aliphatic rings. The van der Waals surface area contributed by atoms with E-state index in [1.165, 1.54) is 14.2 Å². The van der Waals surface area contributed by atoms with E-state index in [1.54, 1.807) is 9.80 Å². The van der Waals surface area contributed by atoms with Crippen molar-refractivity contribution in [3.8, 4) is 33.6 Å². The number of nitrogens with one attached hydrogen (secondary N) is 4. The van der Waals surface area contributed by atoms with Crippen LogP contribution in [0.15, 0.2) is 48.5 Å². The number of likely N-dealkylation sites (tertiary alicyclic amines) is 2. The molecule has 4 aromatic rings. The second-order valence-electron chi connectivity index (χ2n) is 11.9. The number of aromatic amines is 2. The SMILES string of the molecule is COC(=O)NCC(=O)N1CCCC1c1nc(-c2ccc(-c3ccc(-c4nc(C5CCCN5C(=O)CNC(=O)OC)[nH]c4Cl)cc3)cc2)c(Cl)[nH]1. The van der Waals surface area contributed by atoms with Crippen LogP contribution >= 0.6 is 23.2 Å². The highest BCUT2D eigenvalue weighted by atomic mass is 35.5. The Bertz CT molecular complexity index is 1740. The van der Waals surface area contributed by atoms with Crippen molar-refractivity contribution in [1.82, 2.24) is 40.4 Å². The first kappa shape index (κ1) is 34.8. The number of nitrogens with zero attached hydrogens (tertiary/aromatic N) is 4. The van der Waals surface area contributed by atoms with E-state index in [9.17, 15) is 19.2 Å². The lowest BCUT2D eigenvalue weighted by atomic mass is 10.0. The van der Waals surface area contributed by atoms with Gasteiger partial charge in [0.1, 0.15) is 46.4 Å². The fraction of sp³-hybridized carbons (Fsp3) is 0.353. The Labute approximate surface area is 297 Å². The zero-order valence-corrected chi connectivity index (χ0v) is 28.9. The number of methoxy groups -OCH3 is 2. The van der Waals surface area contributed by atoms with Crippen molar-refractivity contribution in [2.45, 2.75) is 37.8 Å². The van der Waals surface area contributed by atoms with Gasteiger partial charge in [0.05, 0.1) is 26.3 Å². The lowest BCUT2D eigenvalue weighted by molar-refractivity contribution is -0.132. The van der Waals surface area contributed by atoms with E-state index in [1.807, 2.05) is 48.5 Å². The quantitative estimate of drug-likeness (QED) is 0.176. The summed E-state index contributed by atoms with van der Waals surface area (Å²) in [6, 6.07) is 15.2. The minimum absolute atomic E-state index is 0.164. The smallest absolute Gasteiger partial charge is 0.407 e. The molecule has 262 valence electrons. The molecule has 0 radical (unpaired) electrons. The Morgan fingerprint density at radius 3 is 1.40 bits per heavy atom. The number of amides is 4. The molecule has 6 rings (SSSR count). The molecule has 0 aliphatic carbocycles. The molecule has 50 heavy (non-hydrogen) atoms. The third kappa shape index (κ3) is 7.41. The molecule has 4 N–H and O–H groups in total. The van der Waals surface area contributed by atoms with Crippen molar-refractivity contribution >= 4 is 47.2 Å². The van der Waals surface area contributed by atoms with Crippen molar-refractivity contribution in [2.24, 2.45) is 0 Å². The molecule has 2 aliphatic heterocycles. The van der Waals surface area contributed by atoms with Crippen LogP contribution in [0, 0.1) is 0 Å². The minimum Gasteiger partial charge on any atom is -0.453 e. The molecular formula is C34H36Cl2N8O6. The molecule has 16 heteroatoms. The summed E-state index contributed by atoms with van der Waals surface area (Å²) in [5.41, 5.74) is 4.76. The van der Waals surface area contributed by atoms with E-state index < -0.39 is 12.2 Å². The number of aromatic nitrogens is 4. The predicted octanol–water partition coefficient (Wildman–Crippen LogP) is 5.48. The Balaban J connectivity index is 1.12. The lowest BCUT2D eigenvalue weighted by Gasteiger charge is -2.23. The van der Waals surface area contributed by atoms with E-state index in [2.05, 4.69) is 30.1 Å². The third-order valence-corrected chi connectivity index (χ3v) is 9.47. The fourth-order valence-corrected chi connectivity index (χ4v) is 6.92. The predicted molar refractivity (Wildman–Crippen MR) is 185 cm³/mol. The highest BCUT2D eigenvalue weighted by Crippen LogP contribution is 2.37. The first-order valence-corrected chi connectivity index (χ1v) is 16.9. The maximum Gasteiger partial charge on any atom is 0.407 e. The van der Waals surface area contributed by atoms with Gasteiger partial charge < -0.3 is 39.9 Å². The van der Waals surface area contributed by atoms with Crippen LogP contribution in [0.3, 0.4) is 0 Å². The van der Waals surface area contributed by atoms with Gasteiger partial charge >= 0.3 is 12.2 Å². The second kappa shape index (κ2) is 15.2. The van der Waals surface area contributed by atoms with E-state index in [4.69, 9.17) is 33.2 Å². The van der Waals surface area contributed by atoms with Crippen LogP contribution in [0.25, 0.3) is 33.6 Å². The van der Waals surface area contributed by atoms with Gasteiger partial charge in [-0.1, -0.05) is 71.7 Å². The maximum absolute atomic E-state index is 12.8. The average molecular weight is 724 g/mol. The average Bonchev–Trinajstić information content (AvgIpc) is 3.96. The van der Waals surface area contributed by atoms with Gasteiger partial charge in [-0.3, -0.25) is 9.59 Å². The van der Waals surface area contributed by atoms with Gasteiger partial charge in [0, 0.05) is 24.2 Å². The Morgan fingerprint density at radius 1 is 0.680 bits per heavy atom. The molecule has 2 fully saturated rings. The molecule has 14 nitrogen and oxygen atoms in total. The van der Waals surface area contributed by atoms with E-state index in [-0.39, 0.29) is 37.0 Å². The standard InChI is InChI=1S/C34H36Cl2N8O6/c1-49-33(47)37-17-25(45)43-15-3-5-23(43)31-39-27(29(35)41-31)21-11-7-19(8-12-21)20-9-13-22(14-10-20)28-30(36)42-32(40-28)24-6-4-16-44(24)26(46)18-38-34(48)50-2/h7-14,23-24H,3-6,15-18H2,1-2H3,(H,37,47)(H,38,48)(H,39,41)(H,40,42). The van der Waals surface area contributed by atoms with Gasteiger partial charge in [0.25, 0.3) is 0 Å². The van der Waals surface area contributed by atoms with Crippen molar-refractivity contribution in [3.63, 3.8) is 0 Å². The van der Waals surface area contributed by atoms with Gasteiger partial charge in [-0.15, -0.1) is 0 Å². The molecule has 2 aromatic carbocycles. The summed E-state index contributed by atoms with van der Waals surface area (Å²) in [7, 11) is 2.49. The summed E-state index contributed by atoms with van der Waals surface area (Å²) in [5.74, 6) is 0.737. The van der Waals surface area contributed by atoms with Gasteiger partial charge in [-0.2, -0.15) is 0 Å². The number of ether oxygens (including phenoxy) is 2. The van der Waals surface area contributed by atoms with Crippen molar-refractivity contribution < 1.29 is 28.7 Å². The third-order valence-electron chi connectivity index (χ3n) is 8.92. The number of carbonyl (C=O) groups excluding carboxylic acids is 4. The fourth-order valence-electron chi connectivity index (χ4n) is 6.42. The van der Waals surface area contributed by atoms with Crippen molar-refractivity contribution in [3.05, 3.63) is 70.5 Å². The van der Waals surface area contributed by atoms with Crippen LogP contribution in [-0.2, 0) is 19.1 Å². The summed E-state index contributed by atoms with van der Waals surface area (Å²) >= 11 is 13.2. The van der Waals surface area contributed by atoms with Crippen LogP contribution in [-0.4, -0.2) is 94.1 Å². The number of benzene rings is 2. The Hall–Kier alpha value is -5.08. The molecule has 4 amide bonds. The largest absolute Gasteiger partial charge is 0.453 e. The summed E-state index contributed by atoms with van der Waals surface area (Å²) in [6.45, 7) is 0.781. The topological polar surface area (TPSA) is 175 Å². The highest BCUT2D eigenvalue weighted by Gasteiger charge is 2.34. The monoisotopic (exact) mass is 722 g/mol. The first-order valence-electron chi connectivity index (χ1n) is 16.1. The Morgan fingerprint density at radius 2 is 1.04 bits per heavy atom. The number of alkyl carbamates (subject to hydrolysis) is 2. The zero-order chi connectivity index (χ0) is 35.4. The molecule has 0 bridgehead atoms. The normalized spacial score (nSPS) is 17.1. The van der Waals surface area contributed by atoms with Gasteiger partial charge in [0.15, 0.2) is 0 Å². The number of rotatable bonds is 9. The molecule has 2 aromatic heterocycles. The van der Waals surface area contributed by atoms with E-state index >= 15 is 0 Å². The molecule has 0 spiro atoms. The first-order chi connectivity index (χ1) is 24.2.